The molecule has 0 unspecified atom stereocenters. The molecule has 0 saturated carbocycles. The van der Waals surface area contributed by atoms with Crippen molar-refractivity contribution in [1.29, 1.82) is 0 Å². The predicted octanol–water partition coefficient (Wildman–Crippen LogP) is 2.79. The van der Waals surface area contributed by atoms with Gasteiger partial charge in [0.15, 0.2) is 5.76 Å². The first kappa shape index (κ1) is 12.9. The summed E-state index contributed by atoms with van der Waals surface area (Å²) >= 11 is 0. The van der Waals surface area contributed by atoms with Crippen molar-refractivity contribution in [2.24, 2.45) is 0 Å². The van der Waals surface area contributed by atoms with E-state index in [4.69, 9.17) is 9.40 Å². The highest BCUT2D eigenvalue weighted by Crippen LogP contribution is 2.30. The standard InChI is InChI=1S/C16H15N5O/c1-2-8-21(7-1)16-19-10-12(13-11-17-5-6-18-13)15(20-16)14-4-3-9-22-14/h3-6,9-11H,1-2,7-8H2. The Balaban J connectivity index is 1.84. The Labute approximate surface area is 127 Å². The molecule has 3 aromatic rings. The second kappa shape index (κ2) is 5.55. The van der Waals surface area contributed by atoms with Gasteiger partial charge in [0.05, 0.1) is 18.2 Å². The fourth-order valence-electron chi connectivity index (χ4n) is 2.67. The largest absolute Gasteiger partial charge is 0.463 e. The molecule has 1 fully saturated rings. The van der Waals surface area contributed by atoms with E-state index in [1.54, 1.807) is 24.9 Å². The molecular formula is C16H15N5O. The van der Waals surface area contributed by atoms with E-state index >= 15 is 0 Å². The number of aromatic nitrogens is 4. The average Bonchev–Trinajstić information content (AvgIpc) is 3.29. The molecule has 0 atom stereocenters. The summed E-state index contributed by atoms with van der Waals surface area (Å²) in [5.41, 5.74) is 2.32. The van der Waals surface area contributed by atoms with Crippen LogP contribution in [0.15, 0.2) is 47.6 Å². The minimum absolute atomic E-state index is 0.712. The van der Waals surface area contributed by atoms with Gasteiger partial charge >= 0.3 is 0 Å². The molecule has 3 aromatic heterocycles. The highest BCUT2D eigenvalue weighted by molar-refractivity contribution is 5.76. The van der Waals surface area contributed by atoms with Crippen LogP contribution < -0.4 is 4.90 Å². The van der Waals surface area contributed by atoms with E-state index in [-0.39, 0.29) is 0 Å². The van der Waals surface area contributed by atoms with Gasteiger partial charge in [-0.1, -0.05) is 0 Å². The van der Waals surface area contributed by atoms with E-state index in [0.29, 0.717) is 5.76 Å². The minimum Gasteiger partial charge on any atom is -0.463 e. The summed E-state index contributed by atoms with van der Waals surface area (Å²) < 4.78 is 5.54. The third-order valence-corrected chi connectivity index (χ3v) is 3.76. The Bertz CT molecular complexity index is 751. The normalized spacial score (nSPS) is 14.5. The molecule has 22 heavy (non-hydrogen) atoms. The van der Waals surface area contributed by atoms with Crippen molar-refractivity contribution in [2.45, 2.75) is 12.8 Å². The van der Waals surface area contributed by atoms with Gasteiger partial charge in [-0.15, -0.1) is 0 Å². The molecule has 0 bridgehead atoms. The van der Waals surface area contributed by atoms with E-state index < -0.39 is 0 Å². The molecule has 0 aliphatic carbocycles. The van der Waals surface area contributed by atoms with Crippen molar-refractivity contribution in [1.82, 2.24) is 19.9 Å². The van der Waals surface area contributed by atoms with Crippen LogP contribution in [0.5, 0.6) is 0 Å². The first-order chi connectivity index (χ1) is 10.9. The van der Waals surface area contributed by atoms with Crippen molar-refractivity contribution in [3.63, 3.8) is 0 Å². The van der Waals surface area contributed by atoms with Crippen molar-refractivity contribution >= 4 is 5.95 Å². The maximum absolute atomic E-state index is 5.54. The van der Waals surface area contributed by atoms with Crippen LogP contribution >= 0.6 is 0 Å². The molecular weight excluding hydrogens is 278 g/mol. The van der Waals surface area contributed by atoms with Crippen LogP contribution in [0.3, 0.4) is 0 Å². The second-order valence-electron chi connectivity index (χ2n) is 5.19. The zero-order chi connectivity index (χ0) is 14.8. The maximum Gasteiger partial charge on any atom is 0.226 e. The topological polar surface area (TPSA) is 67.9 Å². The van der Waals surface area contributed by atoms with Crippen molar-refractivity contribution in [2.75, 3.05) is 18.0 Å². The third kappa shape index (κ3) is 2.32. The summed E-state index contributed by atoms with van der Waals surface area (Å²) in [5, 5.41) is 0. The van der Waals surface area contributed by atoms with Crippen LogP contribution in [0.1, 0.15) is 12.8 Å². The Morgan fingerprint density at radius 3 is 2.68 bits per heavy atom. The van der Waals surface area contributed by atoms with Gasteiger partial charge in [0.1, 0.15) is 5.69 Å². The quantitative estimate of drug-likeness (QED) is 0.739. The monoisotopic (exact) mass is 293 g/mol. The Morgan fingerprint density at radius 1 is 1.05 bits per heavy atom. The van der Waals surface area contributed by atoms with Gasteiger partial charge < -0.3 is 9.32 Å². The first-order valence-electron chi connectivity index (χ1n) is 7.34. The summed E-state index contributed by atoms with van der Waals surface area (Å²) in [6.07, 6.45) is 10.8. The van der Waals surface area contributed by atoms with Crippen LogP contribution in [0.4, 0.5) is 5.95 Å². The SMILES string of the molecule is c1coc(-c2nc(N3CCCC3)ncc2-c2cnccn2)c1. The number of rotatable bonds is 3. The fraction of sp³-hybridized carbons (Fsp3) is 0.250. The Morgan fingerprint density at radius 2 is 1.95 bits per heavy atom. The predicted molar refractivity (Wildman–Crippen MR) is 82.2 cm³/mol. The number of nitrogens with zero attached hydrogens (tertiary/aromatic N) is 5. The van der Waals surface area contributed by atoms with Gasteiger partial charge in [-0.05, 0) is 25.0 Å². The van der Waals surface area contributed by atoms with Crippen molar-refractivity contribution < 1.29 is 4.42 Å². The lowest BCUT2D eigenvalue weighted by atomic mass is 10.1. The van der Waals surface area contributed by atoms with Gasteiger partial charge in [-0.25, -0.2) is 9.97 Å². The van der Waals surface area contributed by atoms with Crippen molar-refractivity contribution in [3.05, 3.63) is 43.2 Å². The van der Waals surface area contributed by atoms with E-state index in [2.05, 4.69) is 19.9 Å². The molecule has 6 heteroatoms. The lowest BCUT2D eigenvalue weighted by Crippen LogP contribution is -2.20. The molecule has 0 amide bonds. The van der Waals surface area contributed by atoms with Gasteiger partial charge in [-0.3, -0.25) is 9.97 Å². The molecule has 0 spiro atoms. The van der Waals surface area contributed by atoms with Crippen LogP contribution in [0, 0.1) is 0 Å². The summed E-state index contributed by atoms with van der Waals surface area (Å²) in [7, 11) is 0. The number of hydrogen-bond acceptors (Lipinski definition) is 6. The average molecular weight is 293 g/mol. The van der Waals surface area contributed by atoms with Crippen LogP contribution in [-0.2, 0) is 0 Å². The summed E-state index contributed by atoms with van der Waals surface area (Å²) in [6.45, 7) is 2.00. The fourth-order valence-corrected chi connectivity index (χ4v) is 2.67. The van der Waals surface area contributed by atoms with Crippen molar-refractivity contribution in [3.8, 4) is 22.7 Å². The molecule has 0 N–H and O–H groups in total. The molecule has 1 saturated heterocycles. The molecule has 1 aliphatic heterocycles. The smallest absolute Gasteiger partial charge is 0.226 e. The van der Waals surface area contributed by atoms with Crippen LogP contribution in [-0.4, -0.2) is 33.0 Å². The molecule has 0 aromatic carbocycles. The van der Waals surface area contributed by atoms with E-state index in [1.165, 1.54) is 12.8 Å². The highest BCUT2D eigenvalue weighted by atomic mass is 16.3. The lowest BCUT2D eigenvalue weighted by Gasteiger charge is -2.16. The second-order valence-corrected chi connectivity index (χ2v) is 5.19. The van der Waals surface area contributed by atoms with Crippen LogP contribution in [0.2, 0.25) is 0 Å². The Hall–Kier alpha value is -2.76. The van der Waals surface area contributed by atoms with Gasteiger partial charge in [-0.2, -0.15) is 0 Å². The van der Waals surface area contributed by atoms with Gasteiger partial charge in [0.25, 0.3) is 0 Å². The van der Waals surface area contributed by atoms with E-state index in [9.17, 15) is 0 Å². The first-order valence-corrected chi connectivity index (χ1v) is 7.34. The lowest BCUT2D eigenvalue weighted by molar-refractivity contribution is 0.580. The molecule has 110 valence electrons. The molecule has 6 nitrogen and oxygen atoms in total. The maximum atomic E-state index is 5.54. The molecule has 4 rings (SSSR count). The van der Waals surface area contributed by atoms with E-state index in [1.807, 2.05) is 18.3 Å². The zero-order valence-corrected chi connectivity index (χ0v) is 12.0. The number of furan rings is 1. The Kier molecular flexibility index (Phi) is 3.27. The third-order valence-electron chi connectivity index (χ3n) is 3.76. The highest BCUT2D eigenvalue weighted by Gasteiger charge is 2.19. The van der Waals surface area contributed by atoms with Gasteiger partial charge in [0, 0.05) is 37.2 Å². The molecule has 1 aliphatic rings. The summed E-state index contributed by atoms with van der Waals surface area (Å²) in [5.74, 6) is 1.46. The molecule has 4 heterocycles. The number of anilines is 1. The minimum atomic E-state index is 0.712. The van der Waals surface area contributed by atoms with Crippen LogP contribution in [0.25, 0.3) is 22.7 Å². The summed E-state index contributed by atoms with van der Waals surface area (Å²) in [6, 6.07) is 3.75. The number of hydrogen-bond donors (Lipinski definition) is 0. The zero-order valence-electron chi connectivity index (χ0n) is 12.0. The molecule has 0 radical (unpaired) electrons. The van der Waals surface area contributed by atoms with Gasteiger partial charge in [0.2, 0.25) is 5.95 Å². The summed E-state index contributed by atoms with van der Waals surface area (Å²) in [4.78, 5) is 19.9. The van der Waals surface area contributed by atoms with E-state index in [0.717, 1.165) is 36.0 Å².